The van der Waals surface area contributed by atoms with Crippen molar-refractivity contribution in [1.82, 2.24) is 19.7 Å². The van der Waals surface area contributed by atoms with Gasteiger partial charge in [-0.2, -0.15) is 5.10 Å². The van der Waals surface area contributed by atoms with Gasteiger partial charge in [-0.3, -0.25) is 9.48 Å². The summed E-state index contributed by atoms with van der Waals surface area (Å²) in [7, 11) is 1.69. The molecule has 136 valence electrons. The lowest BCUT2D eigenvalue weighted by Gasteiger charge is -2.25. The van der Waals surface area contributed by atoms with Crippen LogP contribution in [0.3, 0.4) is 0 Å². The van der Waals surface area contributed by atoms with Crippen LogP contribution in [0.5, 0.6) is 0 Å². The van der Waals surface area contributed by atoms with Crippen LogP contribution < -0.4 is 5.32 Å². The summed E-state index contributed by atoms with van der Waals surface area (Å²) in [4.78, 5) is 12.8. The SMILES string of the molecule is COCCn1ncc2c1C(NC(=O)c1ccn(C(C)C)c1C)CCC2. The lowest BCUT2D eigenvalue weighted by Crippen LogP contribution is -2.33. The summed E-state index contributed by atoms with van der Waals surface area (Å²) in [6.45, 7) is 7.57. The van der Waals surface area contributed by atoms with Gasteiger partial charge in [0.15, 0.2) is 0 Å². The van der Waals surface area contributed by atoms with E-state index in [4.69, 9.17) is 4.74 Å². The first-order valence-corrected chi connectivity index (χ1v) is 9.04. The van der Waals surface area contributed by atoms with Gasteiger partial charge in [0, 0.05) is 25.0 Å². The van der Waals surface area contributed by atoms with Crippen LogP contribution in [-0.2, 0) is 17.7 Å². The first-order valence-electron chi connectivity index (χ1n) is 9.04. The summed E-state index contributed by atoms with van der Waals surface area (Å²) in [5.41, 5.74) is 4.14. The zero-order valence-corrected chi connectivity index (χ0v) is 15.6. The molecule has 2 heterocycles. The second-order valence-electron chi connectivity index (χ2n) is 7.01. The van der Waals surface area contributed by atoms with E-state index in [-0.39, 0.29) is 11.9 Å². The van der Waals surface area contributed by atoms with Gasteiger partial charge >= 0.3 is 0 Å². The van der Waals surface area contributed by atoms with Gasteiger partial charge in [-0.15, -0.1) is 0 Å². The van der Waals surface area contributed by atoms with E-state index < -0.39 is 0 Å². The lowest BCUT2D eigenvalue weighted by molar-refractivity contribution is 0.0929. The monoisotopic (exact) mass is 344 g/mol. The molecule has 0 saturated heterocycles. The minimum Gasteiger partial charge on any atom is -0.383 e. The van der Waals surface area contributed by atoms with Crippen molar-refractivity contribution in [1.29, 1.82) is 0 Å². The molecule has 3 rings (SSSR count). The number of carbonyl (C=O) groups is 1. The minimum absolute atomic E-state index is 0.00533. The predicted octanol–water partition coefficient (Wildman–Crippen LogP) is 3.03. The number of fused-ring (bicyclic) bond motifs is 1. The van der Waals surface area contributed by atoms with Crippen LogP contribution in [-0.4, -0.2) is 34.0 Å². The highest BCUT2D eigenvalue weighted by Gasteiger charge is 2.27. The normalized spacial score (nSPS) is 16.9. The quantitative estimate of drug-likeness (QED) is 0.876. The summed E-state index contributed by atoms with van der Waals surface area (Å²) >= 11 is 0. The second kappa shape index (κ2) is 7.44. The third-order valence-corrected chi connectivity index (χ3v) is 5.02. The van der Waals surface area contributed by atoms with Gasteiger partial charge < -0.3 is 14.6 Å². The van der Waals surface area contributed by atoms with Gasteiger partial charge in [0.2, 0.25) is 0 Å². The fraction of sp³-hybridized carbons (Fsp3) is 0.579. The maximum atomic E-state index is 12.8. The number of aryl methyl sites for hydroxylation is 1. The number of nitrogens with one attached hydrogen (secondary N) is 1. The van der Waals surface area contributed by atoms with E-state index in [9.17, 15) is 4.79 Å². The van der Waals surface area contributed by atoms with Gasteiger partial charge in [0.1, 0.15) is 0 Å². The molecular formula is C19H28N4O2. The van der Waals surface area contributed by atoms with Crippen molar-refractivity contribution in [2.75, 3.05) is 13.7 Å². The molecule has 6 nitrogen and oxygen atoms in total. The van der Waals surface area contributed by atoms with E-state index in [0.717, 1.165) is 36.2 Å². The Bertz CT molecular complexity index is 745. The van der Waals surface area contributed by atoms with Crippen LogP contribution in [0.15, 0.2) is 18.5 Å². The molecule has 0 spiro atoms. The molecule has 1 unspecified atom stereocenters. The summed E-state index contributed by atoms with van der Waals surface area (Å²) < 4.78 is 9.29. The Morgan fingerprint density at radius 3 is 2.96 bits per heavy atom. The summed E-state index contributed by atoms with van der Waals surface area (Å²) in [5.74, 6) is -0.00533. The average Bonchev–Trinajstić information content (AvgIpc) is 3.17. The zero-order valence-electron chi connectivity index (χ0n) is 15.6. The first-order chi connectivity index (χ1) is 12.0. The lowest BCUT2D eigenvalue weighted by atomic mass is 9.93. The molecule has 0 aliphatic heterocycles. The van der Waals surface area contributed by atoms with Crippen molar-refractivity contribution >= 4 is 5.91 Å². The smallest absolute Gasteiger partial charge is 0.253 e. The van der Waals surface area contributed by atoms with Crippen molar-refractivity contribution in [3.8, 4) is 0 Å². The Labute approximate surface area is 149 Å². The van der Waals surface area contributed by atoms with Gasteiger partial charge in [0.05, 0.1) is 36.6 Å². The highest BCUT2D eigenvalue weighted by Crippen LogP contribution is 2.30. The van der Waals surface area contributed by atoms with Crippen molar-refractivity contribution in [2.24, 2.45) is 0 Å². The van der Waals surface area contributed by atoms with Crippen molar-refractivity contribution in [3.05, 3.63) is 41.0 Å². The number of carbonyl (C=O) groups excluding carboxylic acids is 1. The Kier molecular flexibility index (Phi) is 5.27. The molecule has 6 heteroatoms. The number of rotatable bonds is 6. The van der Waals surface area contributed by atoms with Crippen LogP contribution in [0.1, 0.15) is 66.1 Å². The minimum atomic E-state index is -0.00533. The van der Waals surface area contributed by atoms with Gasteiger partial charge in [-0.1, -0.05) is 0 Å². The summed E-state index contributed by atoms with van der Waals surface area (Å²) in [6.07, 6.45) is 6.96. The Morgan fingerprint density at radius 2 is 2.28 bits per heavy atom. The van der Waals surface area contributed by atoms with Gasteiger partial charge in [-0.05, 0) is 51.7 Å². The highest BCUT2D eigenvalue weighted by atomic mass is 16.5. The maximum absolute atomic E-state index is 12.8. The van der Waals surface area contributed by atoms with Crippen molar-refractivity contribution in [2.45, 2.75) is 58.7 Å². The summed E-state index contributed by atoms with van der Waals surface area (Å²) in [5, 5.41) is 7.73. The van der Waals surface area contributed by atoms with Crippen LogP contribution in [0.4, 0.5) is 0 Å². The molecule has 0 bridgehead atoms. The molecule has 0 radical (unpaired) electrons. The topological polar surface area (TPSA) is 61.1 Å². The molecule has 0 saturated carbocycles. The van der Waals surface area contributed by atoms with Crippen molar-refractivity contribution < 1.29 is 9.53 Å². The van der Waals surface area contributed by atoms with E-state index in [0.29, 0.717) is 19.2 Å². The molecule has 0 aromatic carbocycles. The van der Waals surface area contributed by atoms with Crippen LogP contribution in [0.2, 0.25) is 0 Å². The Morgan fingerprint density at radius 1 is 1.48 bits per heavy atom. The predicted molar refractivity (Wildman–Crippen MR) is 96.8 cm³/mol. The zero-order chi connectivity index (χ0) is 18.0. The molecule has 2 aromatic rings. The molecule has 1 aliphatic rings. The van der Waals surface area contributed by atoms with E-state index in [1.54, 1.807) is 7.11 Å². The molecule has 1 atom stereocenters. The van der Waals surface area contributed by atoms with E-state index in [1.807, 2.05) is 30.1 Å². The van der Waals surface area contributed by atoms with Crippen LogP contribution in [0, 0.1) is 6.92 Å². The number of hydrogen-bond acceptors (Lipinski definition) is 3. The molecule has 1 N–H and O–H groups in total. The van der Waals surface area contributed by atoms with Gasteiger partial charge in [-0.25, -0.2) is 0 Å². The summed E-state index contributed by atoms with van der Waals surface area (Å²) in [6, 6.07) is 2.27. The Balaban J connectivity index is 1.80. The fourth-order valence-electron chi connectivity index (χ4n) is 3.72. The van der Waals surface area contributed by atoms with Crippen LogP contribution >= 0.6 is 0 Å². The van der Waals surface area contributed by atoms with Crippen molar-refractivity contribution in [3.63, 3.8) is 0 Å². The molecule has 1 aliphatic carbocycles. The first kappa shape index (κ1) is 17.7. The number of amides is 1. The van der Waals surface area contributed by atoms with E-state index in [2.05, 4.69) is 28.8 Å². The number of methoxy groups -OCH3 is 1. The number of aromatic nitrogens is 3. The van der Waals surface area contributed by atoms with E-state index >= 15 is 0 Å². The average molecular weight is 344 g/mol. The number of nitrogens with zero attached hydrogens (tertiary/aromatic N) is 3. The molecule has 1 amide bonds. The fourth-order valence-corrected chi connectivity index (χ4v) is 3.72. The maximum Gasteiger partial charge on any atom is 0.253 e. The van der Waals surface area contributed by atoms with Crippen LogP contribution in [0.25, 0.3) is 0 Å². The third-order valence-electron chi connectivity index (χ3n) is 5.02. The Hall–Kier alpha value is -2.08. The standard InChI is InChI=1S/C19H28N4O2/c1-13(2)22-9-8-16(14(22)3)19(24)21-17-7-5-6-15-12-20-23(18(15)17)10-11-25-4/h8-9,12-13,17H,5-7,10-11H2,1-4H3,(H,21,24). The molecule has 2 aromatic heterocycles. The van der Waals surface area contributed by atoms with Gasteiger partial charge in [0.25, 0.3) is 5.91 Å². The molecule has 0 fully saturated rings. The second-order valence-corrected chi connectivity index (χ2v) is 7.01. The largest absolute Gasteiger partial charge is 0.383 e. The number of ether oxygens (including phenoxy) is 1. The third kappa shape index (κ3) is 3.49. The molecular weight excluding hydrogens is 316 g/mol. The molecule has 25 heavy (non-hydrogen) atoms. The van der Waals surface area contributed by atoms with E-state index in [1.165, 1.54) is 5.56 Å². The highest BCUT2D eigenvalue weighted by molar-refractivity contribution is 5.95. The number of hydrogen-bond donors (Lipinski definition) is 1.